The molecule has 0 spiro atoms. The Morgan fingerprint density at radius 3 is 2.84 bits per heavy atom. The van der Waals surface area contributed by atoms with Crippen LogP contribution < -0.4 is 10.1 Å². The van der Waals surface area contributed by atoms with Crippen molar-refractivity contribution in [3.63, 3.8) is 0 Å². The van der Waals surface area contributed by atoms with E-state index in [2.05, 4.69) is 20.4 Å². The van der Waals surface area contributed by atoms with Gasteiger partial charge in [0, 0.05) is 31.4 Å². The minimum atomic E-state index is -0.497. The van der Waals surface area contributed by atoms with Crippen molar-refractivity contribution in [2.45, 2.75) is 26.4 Å². The predicted octanol–water partition coefficient (Wildman–Crippen LogP) is 1.64. The molecule has 6 nitrogen and oxygen atoms in total. The quantitative estimate of drug-likeness (QED) is 0.890. The molecule has 2 heterocycles. The highest BCUT2D eigenvalue weighted by Crippen LogP contribution is 2.21. The van der Waals surface area contributed by atoms with Gasteiger partial charge in [0.25, 0.3) is 5.88 Å². The van der Waals surface area contributed by atoms with Crippen LogP contribution in [-0.4, -0.2) is 25.8 Å². The largest absolute Gasteiger partial charge is 0.401 e. The SMILES string of the molecule is CC(C)NCc1ccnc(Oc2ncn(C)n2)c1F. The van der Waals surface area contributed by atoms with Crippen LogP contribution in [0.4, 0.5) is 4.39 Å². The molecule has 2 rings (SSSR count). The van der Waals surface area contributed by atoms with E-state index < -0.39 is 5.82 Å². The molecule has 7 heteroatoms. The molecule has 0 saturated heterocycles. The van der Waals surface area contributed by atoms with E-state index in [-0.39, 0.29) is 17.9 Å². The van der Waals surface area contributed by atoms with Crippen molar-refractivity contribution in [1.29, 1.82) is 0 Å². The van der Waals surface area contributed by atoms with Gasteiger partial charge in [0.15, 0.2) is 5.82 Å². The summed E-state index contributed by atoms with van der Waals surface area (Å²) >= 11 is 0. The molecule has 102 valence electrons. The lowest BCUT2D eigenvalue weighted by Gasteiger charge is -2.10. The molecule has 0 aliphatic rings. The van der Waals surface area contributed by atoms with Crippen LogP contribution in [0.15, 0.2) is 18.6 Å². The van der Waals surface area contributed by atoms with E-state index >= 15 is 0 Å². The van der Waals surface area contributed by atoms with Gasteiger partial charge in [0.1, 0.15) is 6.33 Å². The van der Waals surface area contributed by atoms with E-state index in [1.165, 1.54) is 17.2 Å². The Balaban J connectivity index is 2.15. The van der Waals surface area contributed by atoms with E-state index in [0.29, 0.717) is 12.1 Å². The zero-order valence-corrected chi connectivity index (χ0v) is 11.1. The van der Waals surface area contributed by atoms with Crippen LogP contribution in [0.5, 0.6) is 11.9 Å². The number of rotatable bonds is 5. The average Bonchev–Trinajstić information content (AvgIpc) is 2.76. The van der Waals surface area contributed by atoms with E-state index in [9.17, 15) is 4.39 Å². The molecule has 2 aromatic rings. The van der Waals surface area contributed by atoms with Crippen molar-refractivity contribution < 1.29 is 9.13 Å². The first-order valence-corrected chi connectivity index (χ1v) is 5.96. The van der Waals surface area contributed by atoms with Crippen LogP contribution in [0, 0.1) is 5.82 Å². The number of nitrogens with one attached hydrogen (secondary N) is 1. The molecule has 0 unspecified atom stereocenters. The Bertz CT molecular complexity index is 555. The fourth-order valence-electron chi connectivity index (χ4n) is 1.44. The number of aromatic nitrogens is 4. The minimum Gasteiger partial charge on any atom is -0.401 e. The van der Waals surface area contributed by atoms with Gasteiger partial charge in [-0.2, -0.15) is 4.98 Å². The summed E-state index contributed by atoms with van der Waals surface area (Å²) in [6.45, 7) is 4.40. The van der Waals surface area contributed by atoms with Crippen LogP contribution in [0.3, 0.4) is 0 Å². The normalized spacial score (nSPS) is 11.0. The Hall–Kier alpha value is -2.02. The monoisotopic (exact) mass is 265 g/mol. The standard InChI is InChI=1S/C12H16FN5O/c1-8(2)15-6-9-4-5-14-11(10(9)13)19-12-16-7-18(3)17-12/h4-5,7-8,15H,6H2,1-3H3. The topological polar surface area (TPSA) is 64.9 Å². The number of pyridine rings is 1. The summed E-state index contributed by atoms with van der Waals surface area (Å²) in [5.41, 5.74) is 0.495. The van der Waals surface area contributed by atoms with Crippen LogP contribution in [0.2, 0.25) is 0 Å². The highest BCUT2D eigenvalue weighted by atomic mass is 19.1. The van der Waals surface area contributed by atoms with E-state index in [1.807, 2.05) is 13.8 Å². The molecule has 0 aliphatic carbocycles. The first-order valence-electron chi connectivity index (χ1n) is 5.96. The molecule has 0 amide bonds. The first-order chi connectivity index (χ1) is 9.06. The van der Waals surface area contributed by atoms with Crippen LogP contribution in [0.1, 0.15) is 19.4 Å². The van der Waals surface area contributed by atoms with Gasteiger partial charge in [-0.15, -0.1) is 5.10 Å². The zero-order chi connectivity index (χ0) is 13.8. The molecule has 1 N–H and O–H groups in total. The van der Waals surface area contributed by atoms with Crippen molar-refractivity contribution in [2.75, 3.05) is 0 Å². The predicted molar refractivity (Wildman–Crippen MR) is 67.2 cm³/mol. The van der Waals surface area contributed by atoms with Crippen LogP contribution >= 0.6 is 0 Å². The maximum absolute atomic E-state index is 14.1. The van der Waals surface area contributed by atoms with Crippen molar-refractivity contribution >= 4 is 0 Å². The molecular formula is C12H16FN5O. The summed E-state index contributed by atoms with van der Waals surface area (Å²) in [5, 5.41) is 7.05. The molecule has 0 aromatic carbocycles. The number of hydrogen-bond acceptors (Lipinski definition) is 5. The zero-order valence-electron chi connectivity index (χ0n) is 11.1. The lowest BCUT2D eigenvalue weighted by atomic mass is 10.2. The summed E-state index contributed by atoms with van der Waals surface area (Å²) in [6, 6.07) is 1.96. The molecule has 0 atom stereocenters. The van der Waals surface area contributed by atoms with Gasteiger partial charge in [0.2, 0.25) is 0 Å². The second kappa shape index (κ2) is 5.75. The number of halogens is 1. The van der Waals surface area contributed by atoms with Crippen molar-refractivity contribution in [1.82, 2.24) is 25.1 Å². The number of nitrogens with zero attached hydrogens (tertiary/aromatic N) is 4. The lowest BCUT2D eigenvalue weighted by molar-refractivity contribution is 0.387. The Morgan fingerprint density at radius 2 is 2.21 bits per heavy atom. The van der Waals surface area contributed by atoms with Crippen LogP contribution in [-0.2, 0) is 13.6 Å². The van der Waals surface area contributed by atoms with E-state index in [1.54, 1.807) is 13.1 Å². The molecule has 0 saturated carbocycles. The second-order valence-electron chi connectivity index (χ2n) is 4.43. The summed E-state index contributed by atoms with van der Waals surface area (Å²) in [5.74, 6) is -0.614. The van der Waals surface area contributed by atoms with Crippen molar-refractivity contribution in [2.24, 2.45) is 7.05 Å². The van der Waals surface area contributed by atoms with Gasteiger partial charge in [-0.3, -0.25) is 4.68 Å². The minimum absolute atomic E-state index is 0.0721. The van der Waals surface area contributed by atoms with Gasteiger partial charge in [0.05, 0.1) is 0 Å². The fraction of sp³-hybridized carbons (Fsp3) is 0.417. The molecule has 0 aliphatic heterocycles. The molecule has 0 bridgehead atoms. The van der Waals surface area contributed by atoms with Crippen molar-refractivity contribution in [3.05, 3.63) is 30.0 Å². The van der Waals surface area contributed by atoms with Gasteiger partial charge < -0.3 is 10.1 Å². The molecule has 19 heavy (non-hydrogen) atoms. The third-order valence-electron chi connectivity index (χ3n) is 2.40. The first kappa shape index (κ1) is 13.4. The van der Waals surface area contributed by atoms with Gasteiger partial charge in [-0.25, -0.2) is 9.37 Å². The maximum atomic E-state index is 14.1. The van der Waals surface area contributed by atoms with Crippen molar-refractivity contribution in [3.8, 4) is 11.9 Å². The molecule has 0 fully saturated rings. The number of hydrogen-bond donors (Lipinski definition) is 1. The summed E-state index contributed by atoms with van der Waals surface area (Å²) in [4.78, 5) is 7.72. The number of ether oxygens (including phenoxy) is 1. The van der Waals surface area contributed by atoms with Gasteiger partial charge in [-0.1, -0.05) is 13.8 Å². The van der Waals surface area contributed by atoms with E-state index in [4.69, 9.17) is 4.74 Å². The Morgan fingerprint density at radius 1 is 1.42 bits per heavy atom. The Labute approximate surface area is 110 Å². The second-order valence-corrected chi connectivity index (χ2v) is 4.43. The summed E-state index contributed by atoms with van der Waals surface area (Å²) in [6.07, 6.45) is 2.97. The highest BCUT2D eigenvalue weighted by molar-refractivity contribution is 5.25. The van der Waals surface area contributed by atoms with E-state index in [0.717, 1.165) is 0 Å². The van der Waals surface area contributed by atoms with Crippen LogP contribution in [0.25, 0.3) is 0 Å². The lowest BCUT2D eigenvalue weighted by Crippen LogP contribution is -2.22. The smallest absolute Gasteiger partial charge is 0.342 e. The molecule has 2 aromatic heterocycles. The Kier molecular flexibility index (Phi) is 4.06. The molecule has 0 radical (unpaired) electrons. The number of aryl methyl sites for hydroxylation is 1. The maximum Gasteiger partial charge on any atom is 0.342 e. The average molecular weight is 265 g/mol. The summed E-state index contributed by atoms with van der Waals surface area (Å²) < 4.78 is 20.8. The third kappa shape index (κ3) is 3.47. The van der Waals surface area contributed by atoms with Gasteiger partial charge in [-0.05, 0) is 6.07 Å². The van der Waals surface area contributed by atoms with Gasteiger partial charge >= 0.3 is 6.01 Å². The summed E-state index contributed by atoms with van der Waals surface area (Å²) in [7, 11) is 1.70. The highest BCUT2D eigenvalue weighted by Gasteiger charge is 2.13. The third-order valence-corrected chi connectivity index (χ3v) is 2.40. The fourth-order valence-corrected chi connectivity index (χ4v) is 1.44. The molecular weight excluding hydrogens is 249 g/mol.